The molecule has 2 aromatic rings. The van der Waals surface area contributed by atoms with Gasteiger partial charge in [-0.15, -0.1) is 12.4 Å². The molecule has 3 nitrogen and oxygen atoms in total. The van der Waals surface area contributed by atoms with Crippen molar-refractivity contribution in [3.63, 3.8) is 0 Å². The van der Waals surface area contributed by atoms with Gasteiger partial charge in [0.05, 0.1) is 13.7 Å². The van der Waals surface area contributed by atoms with Crippen molar-refractivity contribution >= 4 is 12.4 Å². The number of halogens is 1. The van der Waals surface area contributed by atoms with E-state index in [1.165, 1.54) is 37.1 Å². The Morgan fingerprint density at radius 1 is 1.00 bits per heavy atom. The van der Waals surface area contributed by atoms with Gasteiger partial charge in [0.1, 0.15) is 11.5 Å². The fraction of sp³-hybridized carbons (Fsp3) is 0.478. The average Bonchev–Trinajstić information content (AvgIpc) is 2.69. The van der Waals surface area contributed by atoms with Gasteiger partial charge in [-0.2, -0.15) is 0 Å². The van der Waals surface area contributed by atoms with Gasteiger partial charge in [0.15, 0.2) is 0 Å². The van der Waals surface area contributed by atoms with E-state index < -0.39 is 0 Å². The highest BCUT2D eigenvalue weighted by atomic mass is 35.5. The second-order valence-electron chi connectivity index (χ2n) is 7.34. The molecule has 0 aromatic heterocycles. The number of likely N-dealkylation sites (tertiary alicyclic amines) is 1. The maximum atomic E-state index is 6.16. The number of ether oxygens (including phenoxy) is 2. The molecule has 0 radical (unpaired) electrons. The zero-order valence-electron chi connectivity index (χ0n) is 16.5. The summed E-state index contributed by atoms with van der Waals surface area (Å²) in [7, 11) is 3.93. The summed E-state index contributed by atoms with van der Waals surface area (Å²) in [4.78, 5) is 2.42. The van der Waals surface area contributed by atoms with Crippen molar-refractivity contribution in [3.05, 3.63) is 59.7 Å². The van der Waals surface area contributed by atoms with Crippen LogP contribution in [-0.4, -0.2) is 38.8 Å². The Labute approximate surface area is 170 Å². The topological polar surface area (TPSA) is 21.7 Å². The van der Waals surface area contributed by atoms with E-state index in [1.807, 2.05) is 6.07 Å². The minimum atomic E-state index is 0. The molecule has 0 bridgehead atoms. The first kappa shape index (κ1) is 21.6. The molecular weight excluding hydrogens is 358 g/mol. The molecule has 0 unspecified atom stereocenters. The van der Waals surface area contributed by atoms with Gasteiger partial charge >= 0.3 is 0 Å². The van der Waals surface area contributed by atoms with Crippen molar-refractivity contribution in [2.75, 3.05) is 33.9 Å². The monoisotopic (exact) mass is 389 g/mol. The molecule has 1 heterocycles. The van der Waals surface area contributed by atoms with Gasteiger partial charge in [0.2, 0.25) is 0 Å². The predicted molar refractivity (Wildman–Crippen MR) is 114 cm³/mol. The highest BCUT2D eigenvalue weighted by Crippen LogP contribution is 2.24. The van der Waals surface area contributed by atoms with Crippen LogP contribution in [0.25, 0.3) is 0 Å². The Kier molecular flexibility index (Phi) is 8.96. The van der Waals surface area contributed by atoms with Crippen LogP contribution in [0.2, 0.25) is 0 Å². The molecule has 1 saturated heterocycles. The van der Waals surface area contributed by atoms with E-state index in [1.54, 1.807) is 7.11 Å². The van der Waals surface area contributed by atoms with Gasteiger partial charge < -0.3 is 14.4 Å². The predicted octanol–water partition coefficient (Wildman–Crippen LogP) is 5.01. The normalized spacial score (nSPS) is 15.2. The molecule has 27 heavy (non-hydrogen) atoms. The number of aryl methyl sites for hydroxylation is 2. The number of piperidine rings is 1. The van der Waals surface area contributed by atoms with E-state index in [0.29, 0.717) is 0 Å². The number of nitrogens with zero attached hydrogens (tertiary/aromatic N) is 1. The maximum absolute atomic E-state index is 6.16. The Morgan fingerprint density at radius 2 is 1.78 bits per heavy atom. The van der Waals surface area contributed by atoms with E-state index in [-0.39, 0.29) is 12.4 Å². The number of benzene rings is 2. The van der Waals surface area contributed by atoms with E-state index in [0.717, 1.165) is 43.3 Å². The summed E-state index contributed by atoms with van der Waals surface area (Å²) in [6, 6.07) is 16.8. The lowest BCUT2D eigenvalue weighted by Crippen LogP contribution is -2.30. The summed E-state index contributed by atoms with van der Waals surface area (Å²) in [5, 5.41) is 0. The Hall–Kier alpha value is -1.71. The molecule has 1 aliphatic heterocycles. The molecule has 3 rings (SSSR count). The zero-order chi connectivity index (χ0) is 18.2. The summed E-state index contributed by atoms with van der Waals surface area (Å²) in [6.45, 7) is 3.27. The van der Waals surface area contributed by atoms with Gasteiger partial charge in [0, 0.05) is 0 Å². The van der Waals surface area contributed by atoms with Crippen LogP contribution in [0, 0.1) is 5.92 Å². The molecular formula is C23H32ClNO2. The van der Waals surface area contributed by atoms with Gasteiger partial charge in [-0.25, -0.2) is 0 Å². The van der Waals surface area contributed by atoms with Crippen LogP contribution in [0.5, 0.6) is 11.5 Å². The van der Waals surface area contributed by atoms with Gasteiger partial charge in [-0.05, 0) is 87.5 Å². The molecule has 0 aliphatic carbocycles. The molecule has 0 spiro atoms. The molecule has 148 valence electrons. The number of hydrogen-bond donors (Lipinski definition) is 0. The lowest BCUT2D eigenvalue weighted by Gasteiger charge is -2.28. The molecule has 4 heteroatoms. The van der Waals surface area contributed by atoms with E-state index in [4.69, 9.17) is 9.47 Å². The van der Waals surface area contributed by atoms with Gasteiger partial charge in [-0.3, -0.25) is 0 Å². The molecule has 0 saturated carbocycles. The summed E-state index contributed by atoms with van der Waals surface area (Å²) in [6.07, 6.45) is 5.75. The first-order valence-corrected chi connectivity index (χ1v) is 9.77. The van der Waals surface area contributed by atoms with E-state index >= 15 is 0 Å². The van der Waals surface area contributed by atoms with Crippen LogP contribution < -0.4 is 9.47 Å². The lowest BCUT2D eigenvalue weighted by molar-refractivity contribution is 0.187. The van der Waals surface area contributed by atoms with Crippen molar-refractivity contribution in [1.82, 2.24) is 4.90 Å². The number of rotatable bonds is 8. The smallest absolute Gasteiger partial charge is 0.122 e. The zero-order valence-corrected chi connectivity index (χ0v) is 17.3. The fourth-order valence-electron chi connectivity index (χ4n) is 3.64. The highest BCUT2D eigenvalue weighted by Gasteiger charge is 2.16. The van der Waals surface area contributed by atoms with Crippen molar-refractivity contribution in [3.8, 4) is 11.5 Å². The first-order valence-electron chi connectivity index (χ1n) is 9.77. The second-order valence-corrected chi connectivity index (χ2v) is 7.34. The van der Waals surface area contributed by atoms with E-state index in [9.17, 15) is 0 Å². The summed E-state index contributed by atoms with van der Waals surface area (Å²) < 4.78 is 11.5. The van der Waals surface area contributed by atoms with Crippen LogP contribution in [0.1, 0.15) is 30.4 Å². The van der Waals surface area contributed by atoms with Crippen LogP contribution in [0.4, 0.5) is 0 Å². The Morgan fingerprint density at radius 3 is 2.56 bits per heavy atom. The molecule has 1 fully saturated rings. The van der Waals surface area contributed by atoms with Crippen LogP contribution in [-0.2, 0) is 12.8 Å². The van der Waals surface area contributed by atoms with Crippen LogP contribution in [0.15, 0.2) is 48.5 Å². The average molecular weight is 390 g/mol. The first-order chi connectivity index (χ1) is 12.7. The van der Waals surface area contributed by atoms with Crippen molar-refractivity contribution in [2.45, 2.75) is 32.1 Å². The van der Waals surface area contributed by atoms with E-state index in [2.05, 4.69) is 54.4 Å². The quantitative estimate of drug-likeness (QED) is 0.633. The number of hydrogen-bond acceptors (Lipinski definition) is 3. The Bertz CT molecular complexity index is 684. The molecule has 2 aromatic carbocycles. The van der Waals surface area contributed by atoms with Crippen molar-refractivity contribution in [2.24, 2.45) is 5.92 Å². The Balaban J connectivity index is 0.00000261. The third-order valence-corrected chi connectivity index (χ3v) is 5.41. The summed E-state index contributed by atoms with van der Waals surface area (Å²) >= 11 is 0. The van der Waals surface area contributed by atoms with Crippen molar-refractivity contribution in [1.29, 1.82) is 0 Å². The highest BCUT2D eigenvalue weighted by molar-refractivity contribution is 5.85. The van der Waals surface area contributed by atoms with Gasteiger partial charge in [-0.1, -0.05) is 30.3 Å². The lowest BCUT2D eigenvalue weighted by atomic mass is 9.94. The molecule has 0 atom stereocenters. The fourth-order valence-corrected chi connectivity index (χ4v) is 3.64. The second kappa shape index (κ2) is 11.2. The summed E-state index contributed by atoms with van der Waals surface area (Å²) in [5.74, 6) is 2.78. The SMILES string of the molecule is COc1cccc(CCc2ccccc2OCCC2CCN(C)CC2)c1.Cl. The minimum Gasteiger partial charge on any atom is -0.497 e. The van der Waals surface area contributed by atoms with Crippen molar-refractivity contribution < 1.29 is 9.47 Å². The molecule has 0 N–H and O–H groups in total. The third-order valence-electron chi connectivity index (χ3n) is 5.41. The molecule has 0 amide bonds. The summed E-state index contributed by atoms with van der Waals surface area (Å²) in [5.41, 5.74) is 2.59. The van der Waals surface area contributed by atoms with Gasteiger partial charge in [0.25, 0.3) is 0 Å². The maximum Gasteiger partial charge on any atom is 0.122 e. The standard InChI is InChI=1S/C23H31NO2.ClH/c1-24-15-12-19(13-16-24)14-17-26-23-9-4-3-7-21(23)11-10-20-6-5-8-22(18-20)25-2;/h3-9,18-19H,10-17H2,1-2H3;1H. The third kappa shape index (κ3) is 6.75. The number of methoxy groups -OCH3 is 1. The number of para-hydroxylation sites is 1. The van der Waals surface area contributed by atoms with Crippen LogP contribution >= 0.6 is 12.4 Å². The molecule has 1 aliphatic rings. The van der Waals surface area contributed by atoms with Crippen LogP contribution in [0.3, 0.4) is 0 Å². The minimum absolute atomic E-state index is 0. The largest absolute Gasteiger partial charge is 0.497 e.